The largest absolute Gasteiger partial charge is 0.340 e. The van der Waals surface area contributed by atoms with Gasteiger partial charge in [-0.3, -0.25) is 4.79 Å². The van der Waals surface area contributed by atoms with E-state index in [2.05, 4.69) is 18.7 Å². The van der Waals surface area contributed by atoms with Gasteiger partial charge in [-0.2, -0.15) is 0 Å². The number of hydrogen-bond donors (Lipinski definition) is 0. The first-order valence-electron chi connectivity index (χ1n) is 7.02. The highest BCUT2D eigenvalue weighted by molar-refractivity contribution is 5.79. The fourth-order valence-electron chi connectivity index (χ4n) is 3.46. The van der Waals surface area contributed by atoms with Crippen molar-refractivity contribution in [1.29, 1.82) is 0 Å². The molecule has 1 spiro atoms. The van der Waals surface area contributed by atoms with Crippen LogP contribution in [0.5, 0.6) is 0 Å². The first kappa shape index (κ1) is 12.9. The van der Waals surface area contributed by atoms with E-state index in [0.29, 0.717) is 5.91 Å². The zero-order chi connectivity index (χ0) is 12.5. The minimum absolute atomic E-state index is 0.197. The van der Waals surface area contributed by atoms with Gasteiger partial charge < -0.3 is 9.80 Å². The first-order chi connectivity index (χ1) is 8.03. The minimum atomic E-state index is 0.197. The summed E-state index contributed by atoms with van der Waals surface area (Å²) in [5.41, 5.74) is 0.197. The predicted octanol–water partition coefficient (Wildman–Crippen LogP) is 2.12. The van der Waals surface area contributed by atoms with E-state index in [4.69, 9.17) is 0 Å². The van der Waals surface area contributed by atoms with Crippen molar-refractivity contribution in [3.8, 4) is 0 Å². The van der Waals surface area contributed by atoms with E-state index in [9.17, 15) is 4.79 Å². The average Bonchev–Trinajstić information content (AvgIpc) is 2.48. The van der Waals surface area contributed by atoms with Crippen molar-refractivity contribution in [2.75, 3.05) is 26.7 Å². The molecule has 2 heterocycles. The van der Waals surface area contributed by atoms with Crippen LogP contribution < -0.4 is 0 Å². The van der Waals surface area contributed by atoms with Crippen LogP contribution in [0, 0.1) is 5.92 Å². The monoisotopic (exact) mass is 238 g/mol. The van der Waals surface area contributed by atoms with Crippen LogP contribution >= 0.6 is 0 Å². The second kappa shape index (κ2) is 4.97. The maximum atomic E-state index is 11.7. The van der Waals surface area contributed by atoms with Gasteiger partial charge in [-0.15, -0.1) is 0 Å². The molecule has 0 unspecified atom stereocenters. The van der Waals surface area contributed by atoms with Crippen LogP contribution in [0.2, 0.25) is 0 Å². The standard InChI is InChI=1S/C14H26N2O/c1-12(2)11-16-9-4-6-14(8-10-16)7-5-13(17)15(14)3/h12H,4-11H2,1-3H3/t14-/m0/s1. The van der Waals surface area contributed by atoms with Crippen molar-refractivity contribution >= 4 is 5.91 Å². The van der Waals surface area contributed by atoms with Crippen LogP contribution in [0.3, 0.4) is 0 Å². The fourth-order valence-corrected chi connectivity index (χ4v) is 3.46. The van der Waals surface area contributed by atoms with Crippen molar-refractivity contribution < 1.29 is 4.79 Å². The lowest BCUT2D eigenvalue weighted by molar-refractivity contribution is -0.129. The zero-order valence-corrected chi connectivity index (χ0v) is 11.5. The van der Waals surface area contributed by atoms with E-state index in [1.54, 1.807) is 0 Å². The Kier molecular flexibility index (Phi) is 3.76. The van der Waals surface area contributed by atoms with Crippen LogP contribution in [-0.2, 0) is 4.79 Å². The van der Waals surface area contributed by atoms with Crippen LogP contribution in [-0.4, -0.2) is 47.9 Å². The number of nitrogens with zero attached hydrogens (tertiary/aromatic N) is 2. The van der Waals surface area contributed by atoms with Crippen LogP contribution in [0.25, 0.3) is 0 Å². The summed E-state index contributed by atoms with van der Waals surface area (Å²) in [6.07, 6.45) is 5.45. The summed E-state index contributed by atoms with van der Waals surface area (Å²) in [7, 11) is 2.01. The maximum absolute atomic E-state index is 11.7. The third kappa shape index (κ3) is 2.65. The average molecular weight is 238 g/mol. The van der Waals surface area contributed by atoms with Crippen LogP contribution in [0.1, 0.15) is 46.0 Å². The lowest BCUT2D eigenvalue weighted by Gasteiger charge is -2.35. The summed E-state index contributed by atoms with van der Waals surface area (Å²) in [4.78, 5) is 16.4. The summed E-state index contributed by atoms with van der Waals surface area (Å²) in [5, 5.41) is 0. The van der Waals surface area contributed by atoms with Gasteiger partial charge in [-0.1, -0.05) is 13.8 Å². The molecule has 2 rings (SSSR count). The lowest BCUT2D eigenvalue weighted by atomic mass is 9.88. The van der Waals surface area contributed by atoms with Crippen LogP contribution in [0.4, 0.5) is 0 Å². The third-order valence-electron chi connectivity index (χ3n) is 4.52. The summed E-state index contributed by atoms with van der Waals surface area (Å²) in [6, 6.07) is 0. The van der Waals surface area contributed by atoms with Gasteiger partial charge in [-0.05, 0) is 38.1 Å². The number of carbonyl (C=O) groups excluding carboxylic acids is 1. The summed E-state index contributed by atoms with van der Waals surface area (Å²) in [6.45, 7) is 8.14. The number of likely N-dealkylation sites (tertiary alicyclic amines) is 2. The topological polar surface area (TPSA) is 23.6 Å². The zero-order valence-electron chi connectivity index (χ0n) is 11.5. The maximum Gasteiger partial charge on any atom is 0.222 e. The highest BCUT2D eigenvalue weighted by Gasteiger charge is 2.43. The van der Waals surface area contributed by atoms with E-state index < -0.39 is 0 Å². The molecular weight excluding hydrogens is 212 g/mol. The highest BCUT2D eigenvalue weighted by Crippen LogP contribution is 2.37. The second-order valence-corrected chi connectivity index (χ2v) is 6.23. The molecule has 1 amide bonds. The minimum Gasteiger partial charge on any atom is -0.340 e. The van der Waals surface area contributed by atoms with Crippen molar-refractivity contribution in [3.63, 3.8) is 0 Å². The second-order valence-electron chi connectivity index (χ2n) is 6.23. The molecule has 0 aromatic carbocycles. The molecule has 0 saturated carbocycles. The molecule has 0 aromatic rings. The van der Waals surface area contributed by atoms with Gasteiger partial charge in [0, 0.05) is 32.1 Å². The number of hydrogen-bond acceptors (Lipinski definition) is 2. The Hall–Kier alpha value is -0.570. The molecule has 3 nitrogen and oxygen atoms in total. The predicted molar refractivity (Wildman–Crippen MR) is 69.9 cm³/mol. The van der Waals surface area contributed by atoms with Crippen molar-refractivity contribution in [1.82, 2.24) is 9.80 Å². The fraction of sp³-hybridized carbons (Fsp3) is 0.929. The molecule has 17 heavy (non-hydrogen) atoms. The van der Waals surface area contributed by atoms with E-state index in [1.807, 2.05) is 11.9 Å². The number of rotatable bonds is 2. The Bertz CT molecular complexity index is 290. The summed E-state index contributed by atoms with van der Waals surface area (Å²) >= 11 is 0. The number of amides is 1. The van der Waals surface area contributed by atoms with Gasteiger partial charge in [-0.25, -0.2) is 0 Å². The van der Waals surface area contributed by atoms with Gasteiger partial charge in [0.1, 0.15) is 0 Å². The van der Waals surface area contributed by atoms with Gasteiger partial charge >= 0.3 is 0 Å². The molecule has 0 N–H and O–H groups in total. The molecule has 0 radical (unpaired) electrons. The molecule has 2 saturated heterocycles. The normalized spacial score (nSPS) is 31.5. The van der Waals surface area contributed by atoms with E-state index in [1.165, 1.54) is 32.4 Å². The van der Waals surface area contributed by atoms with E-state index >= 15 is 0 Å². The van der Waals surface area contributed by atoms with Gasteiger partial charge in [0.05, 0.1) is 0 Å². The van der Waals surface area contributed by atoms with Crippen molar-refractivity contribution in [2.45, 2.75) is 51.5 Å². The van der Waals surface area contributed by atoms with Crippen molar-refractivity contribution in [2.24, 2.45) is 5.92 Å². The molecule has 2 aliphatic heterocycles. The highest BCUT2D eigenvalue weighted by atomic mass is 16.2. The SMILES string of the molecule is CC(C)CN1CCC[C@]2(CCC(=O)N2C)CC1. The van der Waals surface area contributed by atoms with Gasteiger partial charge in [0.15, 0.2) is 0 Å². The third-order valence-corrected chi connectivity index (χ3v) is 4.52. The molecule has 2 fully saturated rings. The molecule has 1 atom stereocenters. The van der Waals surface area contributed by atoms with Crippen molar-refractivity contribution in [3.05, 3.63) is 0 Å². The van der Waals surface area contributed by atoms with Gasteiger partial charge in [0.2, 0.25) is 5.91 Å². The summed E-state index contributed by atoms with van der Waals surface area (Å²) < 4.78 is 0. The van der Waals surface area contributed by atoms with Gasteiger partial charge in [0.25, 0.3) is 0 Å². The van der Waals surface area contributed by atoms with Crippen LogP contribution in [0.15, 0.2) is 0 Å². The Balaban J connectivity index is 1.98. The Morgan fingerprint density at radius 1 is 1.24 bits per heavy atom. The molecular formula is C14H26N2O. The number of carbonyl (C=O) groups is 1. The first-order valence-corrected chi connectivity index (χ1v) is 7.02. The summed E-state index contributed by atoms with van der Waals surface area (Å²) in [5.74, 6) is 1.09. The smallest absolute Gasteiger partial charge is 0.222 e. The molecule has 98 valence electrons. The Labute approximate surface area is 105 Å². The molecule has 3 heteroatoms. The molecule has 2 aliphatic rings. The quantitative estimate of drug-likeness (QED) is 0.735. The van der Waals surface area contributed by atoms with E-state index in [0.717, 1.165) is 25.3 Å². The molecule has 0 aromatic heterocycles. The molecule has 0 bridgehead atoms. The molecule has 0 aliphatic carbocycles. The van der Waals surface area contributed by atoms with E-state index in [-0.39, 0.29) is 5.54 Å². The lowest BCUT2D eigenvalue weighted by Crippen LogP contribution is -2.43. The Morgan fingerprint density at radius 2 is 2.00 bits per heavy atom. The Morgan fingerprint density at radius 3 is 2.59 bits per heavy atom.